The van der Waals surface area contributed by atoms with Crippen molar-refractivity contribution in [3.8, 4) is 0 Å². The van der Waals surface area contributed by atoms with Gasteiger partial charge in [-0.05, 0) is 47.6 Å². The fourth-order valence-corrected chi connectivity index (χ4v) is 4.78. The lowest BCUT2D eigenvalue weighted by atomic mass is 9.99. The van der Waals surface area contributed by atoms with Crippen LogP contribution in [0.25, 0.3) is 10.2 Å². The monoisotopic (exact) mass is 415 g/mol. The summed E-state index contributed by atoms with van der Waals surface area (Å²) < 4.78 is 5.44. The molecule has 1 aliphatic heterocycles. The van der Waals surface area contributed by atoms with Crippen LogP contribution in [0.3, 0.4) is 0 Å². The average Bonchev–Trinajstić information content (AvgIpc) is 3.01. The number of esters is 1. The minimum absolute atomic E-state index is 0.199. The lowest BCUT2D eigenvalue weighted by Crippen LogP contribution is -2.31. The number of aromatic nitrogens is 2. The Morgan fingerprint density at radius 3 is 2.79 bits per heavy atom. The van der Waals surface area contributed by atoms with Crippen LogP contribution >= 0.6 is 22.9 Å². The summed E-state index contributed by atoms with van der Waals surface area (Å²) in [5.41, 5.74) is 3.52. The number of hydrogen-bond acceptors (Lipinski definition) is 6. The Labute approximate surface area is 173 Å². The molecular formula is C21H22ClN3O2S. The summed E-state index contributed by atoms with van der Waals surface area (Å²) >= 11 is 7.55. The third-order valence-electron chi connectivity index (χ3n) is 4.91. The van der Waals surface area contributed by atoms with E-state index in [2.05, 4.69) is 39.1 Å². The molecule has 2 aromatic heterocycles. The first-order chi connectivity index (χ1) is 13.4. The normalized spacial score (nSPS) is 13.8. The van der Waals surface area contributed by atoms with E-state index in [-0.39, 0.29) is 17.2 Å². The molecule has 1 aliphatic rings. The molecule has 0 unspecified atom stereocenters. The van der Waals surface area contributed by atoms with Gasteiger partial charge in [0.05, 0.1) is 12.0 Å². The van der Waals surface area contributed by atoms with Gasteiger partial charge in [-0.1, -0.05) is 38.1 Å². The molecule has 0 fully saturated rings. The summed E-state index contributed by atoms with van der Waals surface area (Å²) in [6.07, 6.45) is 0.950. The third kappa shape index (κ3) is 3.59. The number of nitrogens with zero attached hydrogens (tertiary/aromatic N) is 3. The van der Waals surface area contributed by atoms with Gasteiger partial charge in [0, 0.05) is 13.1 Å². The van der Waals surface area contributed by atoms with E-state index < -0.39 is 0 Å². The molecule has 1 aromatic carbocycles. The molecule has 0 bridgehead atoms. The van der Waals surface area contributed by atoms with Crippen molar-refractivity contribution in [2.75, 3.05) is 18.1 Å². The van der Waals surface area contributed by atoms with E-state index >= 15 is 0 Å². The summed E-state index contributed by atoms with van der Waals surface area (Å²) in [6, 6.07) is 8.46. The quantitative estimate of drug-likeness (QED) is 0.442. The molecule has 7 heteroatoms. The van der Waals surface area contributed by atoms with Crippen LogP contribution in [0.15, 0.2) is 24.3 Å². The van der Waals surface area contributed by atoms with Gasteiger partial charge in [0.2, 0.25) is 5.28 Å². The number of carbonyl (C=O) groups is 1. The second-order valence-electron chi connectivity index (χ2n) is 7.49. The van der Waals surface area contributed by atoms with Crippen molar-refractivity contribution in [2.24, 2.45) is 5.92 Å². The summed E-state index contributed by atoms with van der Waals surface area (Å²) in [6.45, 7) is 7.98. The SMILES string of the molecule is Cc1c(C(=O)OCC(C)C)sc2nc(Cl)nc(N3CCc4ccccc4C3)c12. The Balaban J connectivity index is 1.74. The number of ether oxygens (including phenoxy) is 1. The summed E-state index contributed by atoms with van der Waals surface area (Å²) in [4.78, 5) is 25.0. The van der Waals surface area contributed by atoms with Gasteiger partial charge in [0.25, 0.3) is 0 Å². The molecule has 0 amide bonds. The Kier molecular flexibility index (Phi) is 5.25. The maximum Gasteiger partial charge on any atom is 0.348 e. The fraction of sp³-hybridized carbons (Fsp3) is 0.381. The number of thiophene rings is 1. The molecule has 4 rings (SSSR count). The van der Waals surface area contributed by atoms with E-state index in [1.807, 2.05) is 20.8 Å². The van der Waals surface area contributed by atoms with Gasteiger partial charge in [0.1, 0.15) is 15.5 Å². The van der Waals surface area contributed by atoms with Crippen molar-refractivity contribution >= 4 is 44.9 Å². The smallest absolute Gasteiger partial charge is 0.348 e. The van der Waals surface area contributed by atoms with Gasteiger partial charge in [-0.25, -0.2) is 9.78 Å². The fourth-order valence-electron chi connectivity index (χ4n) is 3.50. The number of benzene rings is 1. The molecule has 3 heterocycles. The molecule has 0 radical (unpaired) electrons. The van der Waals surface area contributed by atoms with Crippen molar-refractivity contribution in [1.29, 1.82) is 0 Å². The molecule has 146 valence electrons. The summed E-state index contributed by atoms with van der Waals surface area (Å²) in [7, 11) is 0. The maximum absolute atomic E-state index is 12.6. The van der Waals surface area contributed by atoms with Crippen LogP contribution in [0.2, 0.25) is 5.28 Å². The van der Waals surface area contributed by atoms with Crippen molar-refractivity contribution in [2.45, 2.75) is 33.7 Å². The van der Waals surface area contributed by atoms with Crippen LogP contribution < -0.4 is 4.90 Å². The van der Waals surface area contributed by atoms with E-state index in [0.717, 1.165) is 41.1 Å². The molecule has 0 aliphatic carbocycles. The minimum atomic E-state index is -0.305. The standard InChI is InChI=1S/C21H22ClN3O2S/c1-12(2)11-27-20(26)17-13(3)16-18(23-21(22)24-19(16)28-17)25-9-8-14-6-4-5-7-15(14)10-25/h4-7,12H,8-11H2,1-3H3. The van der Waals surface area contributed by atoms with Gasteiger partial charge >= 0.3 is 5.97 Å². The van der Waals surface area contributed by atoms with Gasteiger partial charge in [-0.2, -0.15) is 4.98 Å². The van der Waals surface area contributed by atoms with E-state index in [1.165, 1.54) is 22.5 Å². The highest BCUT2D eigenvalue weighted by Crippen LogP contribution is 2.38. The topological polar surface area (TPSA) is 55.3 Å². The Morgan fingerprint density at radius 2 is 2.04 bits per heavy atom. The largest absolute Gasteiger partial charge is 0.461 e. The first-order valence-electron chi connectivity index (χ1n) is 9.39. The van der Waals surface area contributed by atoms with Gasteiger partial charge in [-0.3, -0.25) is 0 Å². The van der Waals surface area contributed by atoms with Crippen molar-refractivity contribution in [1.82, 2.24) is 9.97 Å². The third-order valence-corrected chi connectivity index (χ3v) is 6.24. The van der Waals surface area contributed by atoms with Gasteiger partial charge < -0.3 is 9.64 Å². The number of carbonyl (C=O) groups excluding carboxylic acids is 1. The lowest BCUT2D eigenvalue weighted by Gasteiger charge is -2.30. The summed E-state index contributed by atoms with van der Waals surface area (Å²) in [5.74, 6) is 0.776. The first kappa shape index (κ1) is 19.2. The second kappa shape index (κ2) is 7.68. The molecule has 5 nitrogen and oxygen atoms in total. The molecule has 0 spiro atoms. The number of fused-ring (bicyclic) bond motifs is 2. The summed E-state index contributed by atoms with van der Waals surface area (Å²) in [5, 5.41) is 1.09. The molecule has 0 atom stereocenters. The Bertz CT molecular complexity index is 1050. The van der Waals surface area contributed by atoms with E-state index in [0.29, 0.717) is 11.5 Å². The number of anilines is 1. The van der Waals surface area contributed by atoms with Crippen LogP contribution in [-0.4, -0.2) is 29.1 Å². The van der Waals surface area contributed by atoms with E-state index in [1.54, 1.807) is 0 Å². The zero-order valence-electron chi connectivity index (χ0n) is 16.2. The van der Waals surface area contributed by atoms with Crippen LogP contribution in [0.5, 0.6) is 0 Å². The number of rotatable bonds is 4. The van der Waals surface area contributed by atoms with Crippen LogP contribution in [0, 0.1) is 12.8 Å². The van der Waals surface area contributed by atoms with Crippen LogP contribution in [-0.2, 0) is 17.7 Å². The highest BCUT2D eigenvalue weighted by molar-refractivity contribution is 7.20. The zero-order chi connectivity index (χ0) is 19.8. The van der Waals surface area contributed by atoms with Crippen LogP contribution in [0.1, 0.15) is 40.2 Å². The van der Waals surface area contributed by atoms with Crippen molar-refractivity contribution in [3.05, 3.63) is 51.1 Å². The number of halogens is 1. The van der Waals surface area contributed by atoms with Crippen molar-refractivity contribution < 1.29 is 9.53 Å². The van der Waals surface area contributed by atoms with E-state index in [4.69, 9.17) is 16.3 Å². The van der Waals surface area contributed by atoms with Gasteiger partial charge in [0.15, 0.2) is 0 Å². The molecule has 3 aromatic rings. The van der Waals surface area contributed by atoms with Gasteiger partial charge in [-0.15, -0.1) is 11.3 Å². The molecular weight excluding hydrogens is 394 g/mol. The molecule has 0 saturated heterocycles. The van der Waals surface area contributed by atoms with Crippen LogP contribution in [0.4, 0.5) is 5.82 Å². The molecule has 28 heavy (non-hydrogen) atoms. The van der Waals surface area contributed by atoms with E-state index in [9.17, 15) is 4.79 Å². The first-order valence-corrected chi connectivity index (χ1v) is 10.6. The highest BCUT2D eigenvalue weighted by atomic mass is 35.5. The Morgan fingerprint density at radius 1 is 1.29 bits per heavy atom. The molecule has 0 saturated carbocycles. The van der Waals surface area contributed by atoms with Crippen molar-refractivity contribution in [3.63, 3.8) is 0 Å². The zero-order valence-corrected chi connectivity index (χ0v) is 17.7. The predicted octanol–water partition coefficient (Wildman–Crippen LogP) is 5.03. The highest BCUT2D eigenvalue weighted by Gasteiger charge is 2.26. The number of aryl methyl sites for hydroxylation is 1. The average molecular weight is 416 g/mol. The minimum Gasteiger partial charge on any atom is -0.461 e. The second-order valence-corrected chi connectivity index (χ2v) is 8.82. The lowest BCUT2D eigenvalue weighted by molar-refractivity contribution is 0.0464. The maximum atomic E-state index is 12.6. The predicted molar refractivity (Wildman–Crippen MR) is 113 cm³/mol. The Hall–Kier alpha value is -2.18. The molecule has 0 N–H and O–H groups in total. The number of hydrogen-bond donors (Lipinski definition) is 0.